The van der Waals surface area contributed by atoms with Crippen LogP contribution in [-0.4, -0.2) is 5.54 Å². The molecule has 14 heavy (non-hydrogen) atoms. The molecule has 1 aromatic rings. The molecular formula is C10H10BrClFN. The zero-order valence-corrected chi connectivity index (χ0v) is 9.83. The molecule has 0 bridgehead atoms. The first-order valence-electron chi connectivity index (χ1n) is 4.42. The first-order chi connectivity index (χ1) is 6.50. The van der Waals surface area contributed by atoms with E-state index in [1.807, 2.05) is 0 Å². The molecule has 0 unspecified atom stereocenters. The van der Waals surface area contributed by atoms with Gasteiger partial charge in [0.1, 0.15) is 5.82 Å². The van der Waals surface area contributed by atoms with Crippen LogP contribution in [0.25, 0.3) is 0 Å². The van der Waals surface area contributed by atoms with E-state index < -0.39 is 0 Å². The van der Waals surface area contributed by atoms with Crippen LogP contribution >= 0.6 is 27.5 Å². The van der Waals surface area contributed by atoms with Gasteiger partial charge in [-0.1, -0.05) is 11.6 Å². The Morgan fingerprint density at radius 2 is 2.14 bits per heavy atom. The van der Waals surface area contributed by atoms with Crippen LogP contribution < -0.4 is 5.73 Å². The van der Waals surface area contributed by atoms with Gasteiger partial charge < -0.3 is 5.73 Å². The van der Waals surface area contributed by atoms with Gasteiger partial charge in [-0.15, -0.1) is 0 Å². The monoisotopic (exact) mass is 277 g/mol. The van der Waals surface area contributed by atoms with Crippen molar-refractivity contribution in [2.75, 3.05) is 0 Å². The lowest BCUT2D eigenvalue weighted by Gasteiger charge is -2.09. The third kappa shape index (κ3) is 2.10. The van der Waals surface area contributed by atoms with Gasteiger partial charge in [-0.25, -0.2) is 4.39 Å². The highest BCUT2D eigenvalue weighted by atomic mass is 79.9. The molecule has 0 spiro atoms. The van der Waals surface area contributed by atoms with Crippen LogP contribution in [0.4, 0.5) is 4.39 Å². The molecule has 4 heteroatoms. The van der Waals surface area contributed by atoms with Gasteiger partial charge in [-0.3, -0.25) is 0 Å². The smallest absolute Gasteiger partial charge is 0.139 e. The van der Waals surface area contributed by atoms with Crippen LogP contribution in [0.2, 0.25) is 5.02 Å². The third-order valence-corrected chi connectivity index (χ3v) is 3.82. The average Bonchev–Trinajstić information content (AvgIpc) is 2.79. The van der Waals surface area contributed by atoms with Crippen molar-refractivity contribution in [3.05, 3.63) is 33.0 Å². The number of halogens is 3. The average molecular weight is 279 g/mol. The molecule has 0 saturated heterocycles. The summed E-state index contributed by atoms with van der Waals surface area (Å²) in [6.07, 6.45) is 2.74. The molecule has 0 aromatic heterocycles. The maximum Gasteiger partial charge on any atom is 0.139 e. The number of nitrogens with two attached hydrogens (primary N) is 1. The molecule has 0 amide bonds. The summed E-state index contributed by atoms with van der Waals surface area (Å²) in [7, 11) is 0. The summed E-state index contributed by atoms with van der Waals surface area (Å²) in [5.74, 6) is -0.322. The maximum absolute atomic E-state index is 13.3. The highest BCUT2D eigenvalue weighted by molar-refractivity contribution is 9.10. The van der Waals surface area contributed by atoms with E-state index in [2.05, 4.69) is 15.9 Å². The Hall–Kier alpha value is -0.120. The molecule has 2 N–H and O–H groups in total. The van der Waals surface area contributed by atoms with E-state index in [0.717, 1.165) is 18.4 Å². The first-order valence-corrected chi connectivity index (χ1v) is 5.60. The van der Waals surface area contributed by atoms with Crippen molar-refractivity contribution in [2.24, 2.45) is 5.73 Å². The van der Waals surface area contributed by atoms with E-state index in [9.17, 15) is 4.39 Å². The number of hydrogen-bond donors (Lipinski definition) is 1. The summed E-state index contributed by atoms with van der Waals surface area (Å²) in [4.78, 5) is 0. The summed E-state index contributed by atoms with van der Waals surface area (Å²) in [5.41, 5.74) is 6.70. The Balaban J connectivity index is 2.26. The van der Waals surface area contributed by atoms with Gasteiger partial charge in [0.15, 0.2) is 0 Å². The van der Waals surface area contributed by atoms with Gasteiger partial charge >= 0.3 is 0 Å². The Morgan fingerprint density at radius 1 is 1.50 bits per heavy atom. The van der Waals surface area contributed by atoms with E-state index >= 15 is 0 Å². The molecule has 1 saturated carbocycles. The highest BCUT2D eigenvalue weighted by Gasteiger charge is 2.38. The minimum Gasteiger partial charge on any atom is -0.325 e. The van der Waals surface area contributed by atoms with E-state index in [4.69, 9.17) is 17.3 Å². The molecule has 1 aliphatic rings. The Morgan fingerprint density at radius 3 is 2.64 bits per heavy atom. The number of benzene rings is 1. The van der Waals surface area contributed by atoms with Crippen LogP contribution in [0.5, 0.6) is 0 Å². The van der Waals surface area contributed by atoms with Gasteiger partial charge in [0.2, 0.25) is 0 Å². The second-order valence-corrected chi connectivity index (χ2v) is 5.11. The summed E-state index contributed by atoms with van der Waals surface area (Å²) in [6.45, 7) is 0. The molecule has 1 aliphatic carbocycles. The van der Waals surface area contributed by atoms with Crippen LogP contribution in [0.3, 0.4) is 0 Å². The lowest BCUT2D eigenvalue weighted by Crippen LogP contribution is -2.24. The minimum atomic E-state index is -0.322. The standard InChI is InChI=1S/C10H10BrClFN/c11-9-7(12)3-6(4-8(9)13)5-10(14)1-2-10/h3-4H,1-2,5,14H2. The first kappa shape index (κ1) is 10.4. The van der Waals surface area contributed by atoms with E-state index in [1.165, 1.54) is 6.07 Å². The molecule has 0 heterocycles. The van der Waals surface area contributed by atoms with Gasteiger partial charge in [0.05, 0.1) is 9.50 Å². The highest BCUT2D eigenvalue weighted by Crippen LogP contribution is 2.37. The zero-order valence-electron chi connectivity index (χ0n) is 7.49. The van der Waals surface area contributed by atoms with E-state index in [1.54, 1.807) is 6.07 Å². The predicted molar refractivity (Wildman–Crippen MR) is 59.0 cm³/mol. The topological polar surface area (TPSA) is 26.0 Å². The number of hydrogen-bond acceptors (Lipinski definition) is 1. The third-order valence-electron chi connectivity index (χ3n) is 2.49. The molecule has 76 valence electrons. The molecule has 1 fully saturated rings. The quantitative estimate of drug-likeness (QED) is 0.826. The van der Waals surface area contributed by atoms with Crippen molar-refractivity contribution in [2.45, 2.75) is 24.8 Å². The molecule has 2 rings (SSSR count). The van der Waals surface area contributed by atoms with Crippen LogP contribution in [0.1, 0.15) is 18.4 Å². The molecular weight excluding hydrogens is 268 g/mol. The molecule has 1 aromatic carbocycles. The zero-order chi connectivity index (χ0) is 10.3. The van der Waals surface area contributed by atoms with Crippen LogP contribution in [0, 0.1) is 5.82 Å². The molecule has 0 atom stereocenters. The van der Waals surface area contributed by atoms with E-state index in [-0.39, 0.29) is 11.4 Å². The van der Waals surface area contributed by atoms with Crippen LogP contribution in [-0.2, 0) is 6.42 Å². The summed E-state index contributed by atoms with van der Waals surface area (Å²) >= 11 is 8.91. The SMILES string of the molecule is NC1(Cc2cc(F)c(Br)c(Cl)c2)CC1. The Kier molecular flexibility index (Phi) is 2.58. The number of rotatable bonds is 2. The summed E-state index contributed by atoms with van der Waals surface area (Å²) in [5, 5.41) is 0.407. The van der Waals surface area contributed by atoms with Crippen molar-refractivity contribution in [3.8, 4) is 0 Å². The van der Waals surface area contributed by atoms with Gasteiger partial charge in [-0.05, 0) is 52.9 Å². The summed E-state index contributed by atoms with van der Waals surface area (Å²) in [6, 6.07) is 3.25. The van der Waals surface area contributed by atoms with Crippen molar-refractivity contribution in [1.82, 2.24) is 0 Å². The van der Waals surface area contributed by atoms with Crippen LogP contribution in [0.15, 0.2) is 16.6 Å². The fourth-order valence-corrected chi connectivity index (χ4v) is 1.91. The molecule has 0 aliphatic heterocycles. The predicted octanol–water partition coefficient (Wildman–Crippen LogP) is 3.28. The van der Waals surface area contributed by atoms with Gasteiger partial charge in [-0.2, -0.15) is 0 Å². The largest absolute Gasteiger partial charge is 0.325 e. The lowest BCUT2D eigenvalue weighted by molar-refractivity contribution is 0.612. The Labute approximate surface area is 95.6 Å². The van der Waals surface area contributed by atoms with Gasteiger partial charge in [0.25, 0.3) is 0 Å². The van der Waals surface area contributed by atoms with Crippen molar-refractivity contribution < 1.29 is 4.39 Å². The lowest BCUT2D eigenvalue weighted by atomic mass is 10.1. The Bertz CT molecular complexity index is 353. The fraction of sp³-hybridized carbons (Fsp3) is 0.400. The fourth-order valence-electron chi connectivity index (χ4n) is 1.45. The van der Waals surface area contributed by atoms with Crippen molar-refractivity contribution >= 4 is 27.5 Å². The molecule has 0 radical (unpaired) electrons. The second kappa shape index (κ2) is 3.47. The van der Waals surface area contributed by atoms with Crippen molar-refractivity contribution in [1.29, 1.82) is 0 Å². The summed E-state index contributed by atoms with van der Waals surface area (Å²) < 4.78 is 13.6. The minimum absolute atomic E-state index is 0.108. The maximum atomic E-state index is 13.3. The van der Waals surface area contributed by atoms with E-state index in [0.29, 0.717) is 15.9 Å². The van der Waals surface area contributed by atoms with Gasteiger partial charge in [0, 0.05) is 5.54 Å². The van der Waals surface area contributed by atoms with Crippen molar-refractivity contribution in [3.63, 3.8) is 0 Å². The second-order valence-electron chi connectivity index (χ2n) is 3.91. The normalized spacial score (nSPS) is 18.3. The molecule has 1 nitrogen and oxygen atoms in total.